The van der Waals surface area contributed by atoms with E-state index in [1.807, 2.05) is 30.3 Å². The number of carboxylic acid groups (broad SMARTS) is 1. The third-order valence-corrected chi connectivity index (χ3v) is 2.73. The van der Waals surface area contributed by atoms with Crippen molar-refractivity contribution in [3.05, 3.63) is 47.7 Å². The molecule has 1 heterocycles. The largest absolute Gasteiger partial charge is 0.478 e. The van der Waals surface area contributed by atoms with Gasteiger partial charge in [0.2, 0.25) is 5.91 Å². The first-order chi connectivity index (χ1) is 8.16. The van der Waals surface area contributed by atoms with Crippen molar-refractivity contribution in [1.82, 2.24) is 4.90 Å². The Hall–Kier alpha value is -2.10. The van der Waals surface area contributed by atoms with Crippen LogP contribution in [0.5, 0.6) is 0 Å². The number of carbonyl (C=O) groups is 2. The third kappa shape index (κ3) is 2.72. The van der Waals surface area contributed by atoms with E-state index in [1.165, 1.54) is 11.1 Å². The molecule has 0 atom stereocenters. The van der Waals surface area contributed by atoms with Crippen LogP contribution in [0.1, 0.15) is 12.0 Å². The minimum atomic E-state index is -1.01. The van der Waals surface area contributed by atoms with Crippen LogP contribution in [0.4, 0.5) is 0 Å². The highest BCUT2D eigenvalue weighted by molar-refractivity contribution is 5.97. The lowest BCUT2D eigenvalue weighted by atomic mass is 10.1. The highest BCUT2D eigenvalue weighted by atomic mass is 16.4. The standard InChI is InChI=1S/C13H13NO3/c15-12-8-11(13(16)17)9-14(12)7-6-10-4-2-1-3-5-10/h1-5,9H,6-8H2,(H,16,17). The van der Waals surface area contributed by atoms with Crippen LogP contribution < -0.4 is 0 Å². The summed E-state index contributed by atoms with van der Waals surface area (Å²) in [6.45, 7) is 0.527. The van der Waals surface area contributed by atoms with Crippen molar-refractivity contribution in [2.45, 2.75) is 12.8 Å². The average Bonchev–Trinajstić information content (AvgIpc) is 2.70. The molecule has 1 N–H and O–H groups in total. The van der Waals surface area contributed by atoms with Crippen molar-refractivity contribution in [3.8, 4) is 0 Å². The quantitative estimate of drug-likeness (QED) is 0.852. The SMILES string of the molecule is O=C(O)C1=CN(CCc2ccccc2)C(=O)C1. The first kappa shape index (κ1) is 11.4. The van der Waals surface area contributed by atoms with Gasteiger partial charge in [-0.2, -0.15) is 0 Å². The van der Waals surface area contributed by atoms with Gasteiger partial charge in [0.15, 0.2) is 0 Å². The number of carbonyl (C=O) groups excluding carboxylic acids is 1. The highest BCUT2D eigenvalue weighted by Crippen LogP contribution is 2.16. The lowest BCUT2D eigenvalue weighted by Crippen LogP contribution is -2.23. The predicted octanol–water partition coefficient (Wildman–Crippen LogP) is 1.43. The summed E-state index contributed by atoms with van der Waals surface area (Å²) in [6.07, 6.45) is 2.17. The van der Waals surface area contributed by atoms with Crippen LogP contribution in [-0.2, 0) is 16.0 Å². The van der Waals surface area contributed by atoms with Gasteiger partial charge in [0, 0.05) is 12.7 Å². The van der Waals surface area contributed by atoms with Crippen molar-refractivity contribution in [1.29, 1.82) is 0 Å². The lowest BCUT2D eigenvalue weighted by molar-refractivity contribution is -0.134. The number of benzene rings is 1. The van der Waals surface area contributed by atoms with E-state index < -0.39 is 5.97 Å². The van der Waals surface area contributed by atoms with Crippen LogP contribution in [0.15, 0.2) is 42.1 Å². The summed E-state index contributed by atoms with van der Waals surface area (Å²) in [6, 6.07) is 9.80. The molecule has 0 fully saturated rings. The molecular weight excluding hydrogens is 218 g/mol. The second kappa shape index (κ2) is 4.82. The Balaban J connectivity index is 1.96. The second-order valence-electron chi connectivity index (χ2n) is 3.96. The molecule has 0 aliphatic carbocycles. The van der Waals surface area contributed by atoms with Gasteiger partial charge in [0.05, 0.1) is 12.0 Å². The maximum Gasteiger partial charge on any atom is 0.333 e. The normalized spacial score (nSPS) is 14.9. The molecule has 88 valence electrons. The molecule has 0 unspecified atom stereocenters. The zero-order valence-corrected chi connectivity index (χ0v) is 9.30. The van der Waals surface area contributed by atoms with Gasteiger partial charge in [-0.05, 0) is 12.0 Å². The molecule has 1 aromatic rings. The maximum atomic E-state index is 11.5. The molecule has 0 saturated carbocycles. The lowest BCUT2D eigenvalue weighted by Gasteiger charge is -2.12. The Labute approximate surface area is 99.2 Å². The molecule has 1 aliphatic rings. The third-order valence-electron chi connectivity index (χ3n) is 2.73. The van der Waals surface area contributed by atoms with Gasteiger partial charge in [0.1, 0.15) is 0 Å². The van der Waals surface area contributed by atoms with Crippen molar-refractivity contribution >= 4 is 11.9 Å². The number of amides is 1. The zero-order valence-electron chi connectivity index (χ0n) is 9.30. The fraction of sp³-hybridized carbons (Fsp3) is 0.231. The van der Waals surface area contributed by atoms with Crippen LogP contribution >= 0.6 is 0 Å². The molecule has 2 rings (SSSR count). The number of rotatable bonds is 4. The molecule has 17 heavy (non-hydrogen) atoms. The summed E-state index contributed by atoms with van der Waals surface area (Å²) >= 11 is 0. The monoisotopic (exact) mass is 231 g/mol. The molecule has 0 radical (unpaired) electrons. The minimum absolute atomic E-state index is 0.00409. The van der Waals surface area contributed by atoms with Crippen molar-refractivity contribution in [2.24, 2.45) is 0 Å². The Bertz CT molecular complexity index is 465. The molecule has 0 bridgehead atoms. The number of nitrogens with zero attached hydrogens (tertiary/aromatic N) is 1. The summed E-state index contributed by atoms with van der Waals surface area (Å²) in [5.41, 5.74) is 1.31. The van der Waals surface area contributed by atoms with Gasteiger partial charge >= 0.3 is 5.97 Å². The number of carboxylic acids is 1. The van der Waals surface area contributed by atoms with E-state index in [1.54, 1.807) is 0 Å². The molecule has 0 saturated heterocycles. The Kier molecular flexibility index (Phi) is 3.23. The summed E-state index contributed by atoms with van der Waals surface area (Å²) < 4.78 is 0. The molecule has 1 amide bonds. The molecule has 4 heteroatoms. The van der Waals surface area contributed by atoms with E-state index >= 15 is 0 Å². The van der Waals surface area contributed by atoms with Crippen LogP contribution in [-0.4, -0.2) is 28.4 Å². The van der Waals surface area contributed by atoms with Gasteiger partial charge in [-0.3, -0.25) is 4.79 Å². The van der Waals surface area contributed by atoms with Gasteiger partial charge in [-0.1, -0.05) is 30.3 Å². The van der Waals surface area contributed by atoms with E-state index in [-0.39, 0.29) is 17.9 Å². The van der Waals surface area contributed by atoms with Gasteiger partial charge < -0.3 is 10.0 Å². The summed E-state index contributed by atoms with van der Waals surface area (Å²) in [4.78, 5) is 23.7. The van der Waals surface area contributed by atoms with E-state index in [4.69, 9.17) is 5.11 Å². The van der Waals surface area contributed by atoms with Crippen LogP contribution in [0.3, 0.4) is 0 Å². The fourth-order valence-corrected chi connectivity index (χ4v) is 1.78. The molecule has 0 aromatic heterocycles. The molecular formula is C13H13NO3. The molecule has 1 aliphatic heterocycles. The van der Waals surface area contributed by atoms with Crippen LogP contribution in [0.2, 0.25) is 0 Å². The summed E-state index contributed by atoms with van der Waals surface area (Å²) in [5.74, 6) is -1.15. The summed E-state index contributed by atoms with van der Waals surface area (Å²) in [7, 11) is 0. The smallest absolute Gasteiger partial charge is 0.333 e. The predicted molar refractivity (Wildman–Crippen MR) is 62.2 cm³/mol. The average molecular weight is 231 g/mol. The first-order valence-electron chi connectivity index (χ1n) is 5.44. The number of hydrogen-bond acceptors (Lipinski definition) is 2. The molecule has 0 spiro atoms. The first-order valence-corrected chi connectivity index (χ1v) is 5.44. The summed E-state index contributed by atoms with van der Waals surface area (Å²) in [5, 5.41) is 8.79. The van der Waals surface area contributed by atoms with Crippen LogP contribution in [0.25, 0.3) is 0 Å². The Morgan fingerprint density at radius 2 is 2.00 bits per heavy atom. The van der Waals surface area contributed by atoms with Crippen molar-refractivity contribution in [3.63, 3.8) is 0 Å². The zero-order chi connectivity index (χ0) is 12.3. The van der Waals surface area contributed by atoms with E-state index in [0.717, 1.165) is 12.0 Å². The van der Waals surface area contributed by atoms with Gasteiger partial charge in [-0.25, -0.2) is 4.79 Å². The topological polar surface area (TPSA) is 57.6 Å². The van der Waals surface area contributed by atoms with Gasteiger partial charge in [0.25, 0.3) is 0 Å². The fourth-order valence-electron chi connectivity index (χ4n) is 1.78. The molecule has 4 nitrogen and oxygen atoms in total. The van der Waals surface area contributed by atoms with Crippen molar-refractivity contribution < 1.29 is 14.7 Å². The Morgan fingerprint density at radius 1 is 1.29 bits per heavy atom. The highest BCUT2D eigenvalue weighted by Gasteiger charge is 2.25. The van der Waals surface area contributed by atoms with Gasteiger partial charge in [-0.15, -0.1) is 0 Å². The second-order valence-corrected chi connectivity index (χ2v) is 3.96. The van der Waals surface area contributed by atoms with E-state index in [2.05, 4.69) is 0 Å². The maximum absolute atomic E-state index is 11.5. The Morgan fingerprint density at radius 3 is 2.59 bits per heavy atom. The molecule has 1 aromatic carbocycles. The number of hydrogen-bond donors (Lipinski definition) is 1. The number of aliphatic carboxylic acids is 1. The minimum Gasteiger partial charge on any atom is -0.478 e. The van der Waals surface area contributed by atoms with Crippen LogP contribution in [0, 0.1) is 0 Å². The van der Waals surface area contributed by atoms with E-state index in [9.17, 15) is 9.59 Å². The van der Waals surface area contributed by atoms with E-state index in [0.29, 0.717) is 6.54 Å². The van der Waals surface area contributed by atoms with Crippen molar-refractivity contribution in [2.75, 3.05) is 6.54 Å².